The van der Waals surface area contributed by atoms with Gasteiger partial charge in [0.25, 0.3) is 5.91 Å². The molecule has 5 nitrogen and oxygen atoms in total. The Labute approximate surface area is 151 Å². The van der Waals surface area contributed by atoms with E-state index in [-0.39, 0.29) is 5.91 Å². The molecule has 2 aromatic carbocycles. The van der Waals surface area contributed by atoms with Gasteiger partial charge in [0.15, 0.2) is 6.10 Å². The smallest absolute Gasteiger partial charge is 0.263 e. The molecule has 1 aliphatic rings. The second-order valence-electron chi connectivity index (χ2n) is 6.53. The van der Waals surface area contributed by atoms with E-state index in [0.29, 0.717) is 24.4 Å². The van der Waals surface area contributed by atoms with Crippen molar-refractivity contribution in [1.29, 1.82) is 5.26 Å². The number of benzene rings is 2. The zero-order valence-corrected chi connectivity index (χ0v) is 14.5. The molecule has 2 heterocycles. The third-order valence-electron chi connectivity index (χ3n) is 4.84. The summed E-state index contributed by atoms with van der Waals surface area (Å²) in [5.74, 6) is 0.569. The number of ether oxygens (including phenoxy) is 1. The van der Waals surface area contributed by atoms with Crippen molar-refractivity contribution in [2.45, 2.75) is 26.0 Å². The average Bonchev–Trinajstić information content (AvgIpc) is 3.06. The first-order chi connectivity index (χ1) is 12.7. The van der Waals surface area contributed by atoms with Gasteiger partial charge in [0.1, 0.15) is 5.75 Å². The molecule has 5 heteroatoms. The summed E-state index contributed by atoms with van der Waals surface area (Å²) in [5, 5.41) is 10.0. The van der Waals surface area contributed by atoms with Gasteiger partial charge in [-0.2, -0.15) is 5.26 Å². The van der Waals surface area contributed by atoms with Gasteiger partial charge in [-0.05, 0) is 37.3 Å². The number of fused-ring (bicyclic) bond motifs is 3. The predicted octanol–water partition coefficient (Wildman–Crippen LogP) is 3.39. The Morgan fingerprint density at radius 2 is 2.00 bits per heavy atom. The van der Waals surface area contributed by atoms with Gasteiger partial charge in [-0.3, -0.25) is 4.79 Å². The number of para-hydroxylation sites is 1. The predicted molar refractivity (Wildman–Crippen MR) is 98.7 cm³/mol. The highest BCUT2D eigenvalue weighted by Crippen LogP contribution is 2.28. The molecule has 0 saturated carbocycles. The Bertz CT molecular complexity index is 998. The van der Waals surface area contributed by atoms with Gasteiger partial charge in [0, 0.05) is 41.7 Å². The van der Waals surface area contributed by atoms with Crippen LogP contribution in [0.4, 0.5) is 0 Å². The third kappa shape index (κ3) is 2.91. The first kappa shape index (κ1) is 16.2. The second-order valence-corrected chi connectivity index (χ2v) is 6.53. The number of carbonyl (C=O) groups excluding carboxylic acids is 1. The van der Waals surface area contributed by atoms with E-state index >= 15 is 0 Å². The van der Waals surface area contributed by atoms with Gasteiger partial charge in [-0.1, -0.05) is 18.2 Å². The number of H-pyrrole nitrogens is 1. The SMILES string of the molecule is CC(Oc1ccc(C#N)cc1)C(=O)N1CCc2[nH]c3ccccc3c2C1. The summed E-state index contributed by atoms with van der Waals surface area (Å²) in [6.45, 7) is 3.05. The van der Waals surface area contributed by atoms with Crippen molar-refractivity contribution < 1.29 is 9.53 Å². The Balaban J connectivity index is 1.49. The van der Waals surface area contributed by atoms with Crippen LogP contribution in [0, 0.1) is 11.3 Å². The number of amides is 1. The molecular weight excluding hydrogens is 326 g/mol. The summed E-state index contributed by atoms with van der Waals surface area (Å²) in [6.07, 6.45) is 0.244. The van der Waals surface area contributed by atoms with E-state index in [2.05, 4.69) is 23.2 Å². The molecule has 1 N–H and O–H groups in total. The van der Waals surface area contributed by atoms with Crippen LogP contribution in [0.15, 0.2) is 48.5 Å². The van der Waals surface area contributed by atoms with Crippen molar-refractivity contribution in [3.63, 3.8) is 0 Å². The van der Waals surface area contributed by atoms with Crippen LogP contribution >= 0.6 is 0 Å². The van der Waals surface area contributed by atoms with E-state index in [9.17, 15) is 4.79 Å². The molecule has 0 fully saturated rings. The van der Waals surface area contributed by atoms with Crippen molar-refractivity contribution >= 4 is 16.8 Å². The average molecular weight is 345 g/mol. The van der Waals surface area contributed by atoms with Gasteiger partial charge in [-0.25, -0.2) is 0 Å². The normalized spacial score (nSPS) is 14.5. The molecule has 0 bridgehead atoms. The second kappa shape index (κ2) is 6.57. The first-order valence-corrected chi connectivity index (χ1v) is 8.70. The number of rotatable bonds is 3. The monoisotopic (exact) mass is 345 g/mol. The van der Waals surface area contributed by atoms with Crippen molar-refractivity contribution in [3.05, 3.63) is 65.4 Å². The number of aromatic amines is 1. The Morgan fingerprint density at radius 3 is 2.77 bits per heavy atom. The number of hydrogen-bond donors (Lipinski definition) is 1. The lowest BCUT2D eigenvalue weighted by molar-refractivity contribution is -0.138. The minimum atomic E-state index is -0.574. The van der Waals surface area contributed by atoms with E-state index in [4.69, 9.17) is 10.00 Å². The lowest BCUT2D eigenvalue weighted by Crippen LogP contribution is -2.43. The van der Waals surface area contributed by atoms with Crippen LogP contribution in [0.1, 0.15) is 23.7 Å². The molecule has 0 spiro atoms. The van der Waals surface area contributed by atoms with Gasteiger partial charge in [0.05, 0.1) is 11.6 Å². The lowest BCUT2D eigenvalue weighted by atomic mass is 10.0. The number of hydrogen-bond acceptors (Lipinski definition) is 3. The first-order valence-electron chi connectivity index (χ1n) is 8.70. The number of nitrogens with zero attached hydrogens (tertiary/aromatic N) is 2. The molecule has 1 unspecified atom stereocenters. The number of aromatic nitrogens is 1. The van der Waals surface area contributed by atoms with Crippen LogP contribution in [0.25, 0.3) is 10.9 Å². The summed E-state index contributed by atoms with van der Waals surface area (Å²) < 4.78 is 5.78. The van der Waals surface area contributed by atoms with Crippen LogP contribution < -0.4 is 4.74 Å². The van der Waals surface area contributed by atoms with Crippen LogP contribution in [0.3, 0.4) is 0 Å². The fourth-order valence-corrected chi connectivity index (χ4v) is 3.47. The molecule has 3 aromatic rings. The van der Waals surface area contributed by atoms with Crippen molar-refractivity contribution in [2.75, 3.05) is 6.54 Å². The summed E-state index contributed by atoms with van der Waals surface area (Å²) in [5.41, 5.74) is 4.11. The topological polar surface area (TPSA) is 69.1 Å². The van der Waals surface area contributed by atoms with Crippen molar-refractivity contribution in [3.8, 4) is 11.8 Å². The Morgan fingerprint density at radius 1 is 1.23 bits per heavy atom. The molecule has 26 heavy (non-hydrogen) atoms. The van der Waals surface area contributed by atoms with Gasteiger partial charge < -0.3 is 14.6 Å². The van der Waals surface area contributed by atoms with Crippen LogP contribution in [-0.2, 0) is 17.8 Å². The standard InChI is InChI=1S/C21H19N3O2/c1-14(26-16-8-6-15(12-22)7-9-16)21(25)24-11-10-20-18(13-24)17-4-2-3-5-19(17)23-20/h2-9,14,23H,10-11,13H2,1H3. The number of carbonyl (C=O) groups is 1. The minimum absolute atomic E-state index is 0.0229. The zero-order chi connectivity index (χ0) is 18.1. The largest absolute Gasteiger partial charge is 0.481 e. The van der Waals surface area contributed by atoms with Crippen LogP contribution in [0.2, 0.25) is 0 Å². The Kier molecular flexibility index (Phi) is 4.10. The summed E-state index contributed by atoms with van der Waals surface area (Å²) in [7, 11) is 0. The Hall–Kier alpha value is -3.26. The molecule has 1 aliphatic heterocycles. The molecule has 1 aromatic heterocycles. The lowest BCUT2D eigenvalue weighted by Gasteiger charge is -2.29. The summed E-state index contributed by atoms with van der Waals surface area (Å²) in [6, 6.07) is 17.1. The maximum atomic E-state index is 12.8. The molecule has 1 amide bonds. The molecule has 0 aliphatic carbocycles. The third-order valence-corrected chi connectivity index (χ3v) is 4.84. The van der Waals surface area contributed by atoms with Gasteiger partial charge in [0.2, 0.25) is 0 Å². The van der Waals surface area contributed by atoms with E-state index in [1.807, 2.05) is 17.0 Å². The van der Waals surface area contributed by atoms with E-state index in [0.717, 1.165) is 11.9 Å². The highest BCUT2D eigenvalue weighted by molar-refractivity contribution is 5.86. The zero-order valence-electron chi connectivity index (χ0n) is 14.5. The molecular formula is C21H19N3O2. The van der Waals surface area contributed by atoms with Crippen LogP contribution in [-0.4, -0.2) is 28.4 Å². The molecule has 0 saturated heterocycles. The fourth-order valence-electron chi connectivity index (χ4n) is 3.47. The molecule has 130 valence electrons. The highest BCUT2D eigenvalue weighted by atomic mass is 16.5. The van der Waals surface area contributed by atoms with Crippen molar-refractivity contribution in [1.82, 2.24) is 9.88 Å². The van der Waals surface area contributed by atoms with E-state index in [1.165, 1.54) is 16.6 Å². The number of nitrogens with one attached hydrogen (secondary N) is 1. The molecule has 0 radical (unpaired) electrons. The summed E-state index contributed by atoms with van der Waals surface area (Å²) >= 11 is 0. The number of nitriles is 1. The molecule has 4 rings (SSSR count). The molecule has 1 atom stereocenters. The fraction of sp³-hybridized carbons (Fsp3) is 0.238. The van der Waals surface area contributed by atoms with Gasteiger partial charge in [-0.15, -0.1) is 0 Å². The van der Waals surface area contributed by atoms with Crippen molar-refractivity contribution in [2.24, 2.45) is 0 Å². The highest BCUT2D eigenvalue weighted by Gasteiger charge is 2.27. The van der Waals surface area contributed by atoms with E-state index < -0.39 is 6.10 Å². The summed E-state index contributed by atoms with van der Waals surface area (Å²) in [4.78, 5) is 18.1. The maximum Gasteiger partial charge on any atom is 0.263 e. The van der Waals surface area contributed by atoms with Crippen LogP contribution in [0.5, 0.6) is 5.75 Å². The quantitative estimate of drug-likeness (QED) is 0.791. The van der Waals surface area contributed by atoms with E-state index in [1.54, 1.807) is 31.2 Å². The maximum absolute atomic E-state index is 12.8. The minimum Gasteiger partial charge on any atom is -0.481 e. The van der Waals surface area contributed by atoms with Gasteiger partial charge >= 0.3 is 0 Å².